The summed E-state index contributed by atoms with van der Waals surface area (Å²) in [7, 11) is 0. The SMILES string of the molecule is CC/C=C/C=C/CCCCCCCCC(=O)O. The first-order valence-corrected chi connectivity index (χ1v) is 6.80. The highest BCUT2D eigenvalue weighted by atomic mass is 16.4. The molecule has 0 heterocycles. The minimum atomic E-state index is -0.671. The van der Waals surface area contributed by atoms with Gasteiger partial charge in [0.25, 0.3) is 0 Å². The molecule has 0 aromatic rings. The average Bonchev–Trinajstić information content (AvgIpc) is 2.30. The van der Waals surface area contributed by atoms with E-state index >= 15 is 0 Å². The van der Waals surface area contributed by atoms with Crippen LogP contribution in [0.5, 0.6) is 0 Å². The summed E-state index contributed by atoms with van der Waals surface area (Å²) in [6, 6.07) is 0. The Morgan fingerprint density at radius 1 is 0.941 bits per heavy atom. The predicted molar refractivity (Wildman–Crippen MR) is 73.1 cm³/mol. The van der Waals surface area contributed by atoms with Gasteiger partial charge in [-0.1, -0.05) is 56.9 Å². The molecule has 0 aromatic heterocycles. The molecule has 0 fully saturated rings. The third kappa shape index (κ3) is 14.9. The van der Waals surface area contributed by atoms with E-state index in [1.807, 2.05) is 0 Å². The summed E-state index contributed by atoms with van der Waals surface area (Å²) in [5.41, 5.74) is 0. The third-order valence-electron chi connectivity index (χ3n) is 2.63. The van der Waals surface area contributed by atoms with Crippen LogP contribution in [0.3, 0.4) is 0 Å². The van der Waals surface area contributed by atoms with Crippen LogP contribution in [0.25, 0.3) is 0 Å². The Balaban J connectivity index is 3.11. The number of hydrogen-bond acceptors (Lipinski definition) is 1. The molecule has 0 aliphatic carbocycles. The summed E-state index contributed by atoms with van der Waals surface area (Å²) in [5, 5.41) is 8.46. The Kier molecular flexibility index (Phi) is 12.2. The molecular weight excluding hydrogens is 212 g/mol. The zero-order valence-electron chi connectivity index (χ0n) is 11.0. The normalized spacial score (nSPS) is 11.6. The molecule has 98 valence electrons. The van der Waals surface area contributed by atoms with Gasteiger partial charge in [0.2, 0.25) is 0 Å². The summed E-state index contributed by atoms with van der Waals surface area (Å²) in [6.07, 6.45) is 18.0. The third-order valence-corrected chi connectivity index (χ3v) is 2.63. The number of aliphatic carboxylic acids is 1. The lowest BCUT2D eigenvalue weighted by Gasteiger charge is -1.99. The van der Waals surface area contributed by atoms with Gasteiger partial charge in [-0.15, -0.1) is 0 Å². The predicted octanol–water partition coefficient (Wildman–Crippen LogP) is 4.71. The van der Waals surface area contributed by atoms with Crippen molar-refractivity contribution in [1.29, 1.82) is 0 Å². The maximum absolute atomic E-state index is 10.3. The zero-order valence-corrected chi connectivity index (χ0v) is 11.0. The van der Waals surface area contributed by atoms with Gasteiger partial charge in [0.15, 0.2) is 0 Å². The highest BCUT2D eigenvalue weighted by Gasteiger charge is 1.95. The Hall–Kier alpha value is -1.05. The van der Waals surface area contributed by atoms with Crippen LogP contribution in [0, 0.1) is 0 Å². The number of carboxylic acids is 1. The number of allylic oxidation sites excluding steroid dienone is 4. The average molecular weight is 238 g/mol. The lowest BCUT2D eigenvalue weighted by atomic mass is 10.1. The molecule has 0 saturated carbocycles. The minimum absolute atomic E-state index is 0.326. The van der Waals surface area contributed by atoms with Crippen LogP contribution in [-0.4, -0.2) is 11.1 Å². The first-order chi connectivity index (χ1) is 8.27. The van der Waals surface area contributed by atoms with E-state index in [0.717, 1.165) is 25.7 Å². The Morgan fingerprint density at radius 2 is 1.53 bits per heavy atom. The summed E-state index contributed by atoms with van der Waals surface area (Å²) in [6.45, 7) is 2.13. The molecule has 1 N–H and O–H groups in total. The van der Waals surface area contributed by atoms with Crippen LogP contribution in [0.15, 0.2) is 24.3 Å². The van der Waals surface area contributed by atoms with E-state index in [1.165, 1.54) is 25.7 Å². The molecule has 0 aliphatic rings. The van der Waals surface area contributed by atoms with Crippen LogP contribution in [0.2, 0.25) is 0 Å². The molecule has 0 saturated heterocycles. The summed E-state index contributed by atoms with van der Waals surface area (Å²) in [5.74, 6) is -0.671. The smallest absolute Gasteiger partial charge is 0.303 e. The van der Waals surface area contributed by atoms with Crippen molar-refractivity contribution in [2.75, 3.05) is 0 Å². The zero-order chi connectivity index (χ0) is 12.8. The van der Waals surface area contributed by atoms with Gasteiger partial charge >= 0.3 is 5.97 Å². The second-order valence-corrected chi connectivity index (χ2v) is 4.32. The maximum atomic E-state index is 10.3. The number of rotatable bonds is 11. The summed E-state index contributed by atoms with van der Waals surface area (Å²) >= 11 is 0. The van der Waals surface area contributed by atoms with Gasteiger partial charge in [0.1, 0.15) is 0 Å². The number of hydrogen-bond donors (Lipinski definition) is 1. The van der Waals surface area contributed by atoms with E-state index in [4.69, 9.17) is 5.11 Å². The Labute approximate surface area is 105 Å². The van der Waals surface area contributed by atoms with E-state index < -0.39 is 5.97 Å². The van der Waals surface area contributed by atoms with Crippen LogP contribution >= 0.6 is 0 Å². The van der Waals surface area contributed by atoms with Crippen molar-refractivity contribution in [2.45, 2.75) is 64.7 Å². The fourth-order valence-electron chi connectivity index (χ4n) is 1.63. The largest absolute Gasteiger partial charge is 0.481 e. The molecule has 0 radical (unpaired) electrons. The van der Waals surface area contributed by atoms with Crippen molar-refractivity contribution in [3.8, 4) is 0 Å². The van der Waals surface area contributed by atoms with Crippen LogP contribution < -0.4 is 0 Å². The highest BCUT2D eigenvalue weighted by Crippen LogP contribution is 2.08. The first kappa shape index (κ1) is 16.0. The monoisotopic (exact) mass is 238 g/mol. The van der Waals surface area contributed by atoms with Gasteiger partial charge in [-0.3, -0.25) is 4.79 Å². The molecule has 2 nitrogen and oxygen atoms in total. The fourth-order valence-corrected chi connectivity index (χ4v) is 1.63. The van der Waals surface area contributed by atoms with E-state index in [0.29, 0.717) is 6.42 Å². The van der Waals surface area contributed by atoms with E-state index in [2.05, 4.69) is 31.2 Å². The van der Waals surface area contributed by atoms with Gasteiger partial charge in [0.05, 0.1) is 0 Å². The Morgan fingerprint density at radius 3 is 2.18 bits per heavy atom. The Bertz CT molecular complexity index is 229. The summed E-state index contributed by atoms with van der Waals surface area (Å²) in [4.78, 5) is 10.3. The van der Waals surface area contributed by atoms with Gasteiger partial charge < -0.3 is 5.11 Å². The lowest BCUT2D eigenvalue weighted by Crippen LogP contribution is -1.93. The quantitative estimate of drug-likeness (QED) is 0.418. The molecule has 0 amide bonds. The molecule has 0 spiro atoms. The lowest BCUT2D eigenvalue weighted by molar-refractivity contribution is -0.137. The molecule has 0 unspecified atom stereocenters. The summed E-state index contributed by atoms with van der Waals surface area (Å²) < 4.78 is 0. The van der Waals surface area contributed by atoms with Crippen molar-refractivity contribution in [2.24, 2.45) is 0 Å². The fraction of sp³-hybridized carbons (Fsp3) is 0.667. The van der Waals surface area contributed by atoms with Crippen molar-refractivity contribution >= 4 is 5.97 Å². The molecule has 0 aromatic carbocycles. The van der Waals surface area contributed by atoms with E-state index in [1.54, 1.807) is 0 Å². The van der Waals surface area contributed by atoms with Crippen LogP contribution in [0.1, 0.15) is 64.7 Å². The van der Waals surface area contributed by atoms with Crippen LogP contribution in [-0.2, 0) is 4.79 Å². The van der Waals surface area contributed by atoms with Crippen molar-refractivity contribution in [1.82, 2.24) is 0 Å². The van der Waals surface area contributed by atoms with Crippen molar-refractivity contribution < 1.29 is 9.90 Å². The standard InChI is InChI=1S/C15H26O2/c1-2-3-4-5-6-7-8-9-10-11-12-13-14-15(16)17/h3-6H,2,7-14H2,1H3,(H,16,17)/b4-3+,6-5+. The topological polar surface area (TPSA) is 37.3 Å². The molecule has 0 bridgehead atoms. The van der Waals surface area contributed by atoms with Crippen LogP contribution in [0.4, 0.5) is 0 Å². The molecular formula is C15H26O2. The molecule has 2 heteroatoms. The van der Waals surface area contributed by atoms with Crippen molar-refractivity contribution in [3.63, 3.8) is 0 Å². The number of carboxylic acid groups (broad SMARTS) is 1. The maximum Gasteiger partial charge on any atom is 0.303 e. The van der Waals surface area contributed by atoms with Crippen molar-refractivity contribution in [3.05, 3.63) is 24.3 Å². The van der Waals surface area contributed by atoms with Gasteiger partial charge in [-0.25, -0.2) is 0 Å². The van der Waals surface area contributed by atoms with E-state index in [-0.39, 0.29) is 0 Å². The molecule has 0 atom stereocenters. The first-order valence-electron chi connectivity index (χ1n) is 6.80. The van der Waals surface area contributed by atoms with E-state index in [9.17, 15) is 4.79 Å². The highest BCUT2D eigenvalue weighted by molar-refractivity contribution is 5.66. The second-order valence-electron chi connectivity index (χ2n) is 4.32. The molecule has 0 rings (SSSR count). The number of carbonyl (C=O) groups is 1. The number of unbranched alkanes of at least 4 members (excludes halogenated alkanes) is 6. The van der Waals surface area contributed by atoms with Gasteiger partial charge in [-0.05, 0) is 25.7 Å². The molecule has 0 aliphatic heterocycles. The second kappa shape index (κ2) is 13.0. The minimum Gasteiger partial charge on any atom is -0.481 e. The molecule has 17 heavy (non-hydrogen) atoms. The van der Waals surface area contributed by atoms with Gasteiger partial charge in [-0.2, -0.15) is 0 Å². The van der Waals surface area contributed by atoms with Gasteiger partial charge in [0, 0.05) is 6.42 Å².